The van der Waals surface area contributed by atoms with Crippen molar-refractivity contribution in [2.75, 3.05) is 33.8 Å². The van der Waals surface area contributed by atoms with E-state index in [1.54, 1.807) is 4.90 Å². The lowest BCUT2D eigenvalue weighted by molar-refractivity contribution is -0.0201. The van der Waals surface area contributed by atoms with E-state index < -0.39 is 0 Å². The van der Waals surface area contributed by atoms with Gasteiger partial charge in [0, 0.05) is 24.6 Å². The lowest BCUT2D eigenvalue weighted by Gasteiger charge is -2.34. The molecule has 2 aromatic rings. The Balaban J connectivity index is 2.13. The van der Waals surface area contributed by atoms with Gasteiger partial charge in [0.25, 0.3) is 5.91 Å². The number of benzene rings is 2. The molecule has 5 heteroatoms. The Labute approximate surface area is 173 Å². The summed E-state index contributed by atoms with van der Waals surface area (Å²) in [5.41, 5.74) is 3.67. The Kier molecular flexibility index (Phi) is 7.06. The van der Waals surface area contributed by atoms with Gasteiger partial charge in [-0.05, 0) is 43.8 Å². The maximum absolute atomic E-state index is 13.6. The Morgan fingerprint density at radius 3 is 2.38 bits per heavy atom. The van der Waals surface area contributed by atoms with Crippen LogP contribution in [0.15, 0.2) is 48.5 Å². The standard InChI is InChI=1S/C24H32N2O3/c1-17-13-26(18(2)15-27)24(28)22-12-8-7-11-21(22)20-10-6-5-9-19(20)16-29-23(17)14-25(3)4/h5-12,17-18,23,27H,13-16H2,1-4H3/t17-,18-,23-/m0/s1. The van der Waals surface area contributed by atoms with Crippen LogP contribution in [0.25, 0.3) is 11.1 Å². The maximum Gasteiger partial charge on any atom is 0.254 e. The third-order valence-electron chi connectivity index (χ3n) is 5.64. The molecule has 5 nitrogen and oxygen atoms in total. The second-order valence-electron chi connectivity index (χ2n) is 8.28. The molecule has 29 heavy (non-hydrogen) atoms. The number of amides is 1. The molecule has 0 aliphatic carbocycles. The van der Waals surface area contributed by atoms with Crippen LogP contribution in [0.1, 0.15) is 29.8 Å². The number of likely N-dealkylation sites (N-methyl/N-ethyl adjacent to an activating group) is 1. The highest BCUT2D eigenvalue weighted by molar-refractivity contribution is 6.01. The molecule has 1 heterocycles. The average molecular weight is 397 g/mol. The molecule has 0 unspecified atom stereocenters. The topological polar surface area (TPSA) is 53.0 Å². The summed E-state index contributed by atoms with van der Waals surface area (Å²) in [5, 5.41) is 9.82. The smallest absolute Gasteiger partial charge is 0.254 e. The normalized spacial score (nSPS) is 21.3. The second-order valence-corrected chi connectivity index (χ2v) is 8.28. The lowest BCUT2D eigenvalue weighted by Crippen LogP contribution is -2.46. The van der Waals surface area contributed by atoms with E-state index in [-0.39, 0.29) is 30.6 Å². The Morgan fingerprint density at radius 1 is 1.10 bits per heavy atom. The van der Waals surface area contributed by atoms with Crippen molar-refractivity contribution in [3.05, 3.63) is 59.7 Å². The van der Waals surface area contributed by atoms with E-state index in [9.17, 15) is 9.90 Å². The summed E-state index contributed by atoms with van der Waals surface area (Å²) in [6, 6.07) is 15.6. The fraction of sp³-hybridized carbons (Fsp3) is 0.458. The highest BCUT2D eigenvalue weighted by atomic mass is 16.5. The molecule has 1 aliphatic heterocycles. The predicted octanol–water partition coefficient (Wildman–Crippen LogP) is 3.27. The number of ether oxygens (including phenoxy) is 1. The van der Waals surface area contributed by atoms with E-state index in [0.717, 1.165) is 23.2 Å². The largest absolute Gasteiger partial charge is 0.394 e. The van der Waals surface area contributed by atoms with Gasteiger partial charge in [-0.2, -0.15) is 0 Å². The van der Waals surface area contributed by atoms with Gasteiger partial charge in [-0.1, -0.05) is 49.4 Å². The molecule has 0 bridgehead atoms. The van der Waals surface area contributed by atoms with Gasteiger partial charge in [0.1, 0.15) is 0 Å². The first-order valence-electron chi connectivity index (χ1n) is 10.3. The zero-order valence-corrected chi connectivity index (χ0v) is 17.8. The summed E-state index contributed by atoms with van der Waals surface area (Å²) in [6.07, 6.45) is -0.0274. The Morgan fingerprint density at radius 2 is 1.72 bits per heavy atom. The van der Waals surface area contributed by atoms with Crippen LogP contribution in [0, 0.1) is 5.92 Å². The molecule has 156 valence electrons. The van der Waals surface area contributed by atoms with Crippen LogP contribution in [0.3, 0.4) is 0 Å². The number of hydrogen-bond donors (Lipinski definition) is 1. The van der Waals surface area contributed by atoms with Crippen molar-refractivity contribution in [2.24, 2.45) is 5.92 Å². The van der Waals surface area contributed by atoms with Crippen molar-refractivity contribution in [2.45, 2.75) is 32.6 Å². The van der Waals surface area contributed by atoms with Crippen molar-refractivity contribution in [1.29, 1.82) is 0 Å². The highest BCUT2D eigenvalue weighted by Gasteiger charge is 2.30. The van der Waals surface area contributed by atoms with E-state index in [2.05, 4.69) is 17.9 Å². The summed E-state index contributed by atoms with van der Waals surface area (Å²) >= 11 is 0. The maximum atomic E-state index is 13.6. The summed E-state index contributed by atoms with van der Waals surface area (Å²) in [5.74, 6) is 0.0714. The van der Waals surface area contributed by atoms with Gasteiger partial charge >= 0.3 is 0 Å². The summed E-state index contributed by atoms with van der Waals surface area (Å²) < 4.78 is 6.39. The number of fused-ring (bicyclic) bond motifs is 3. The molecular formula is C24H32N2O3. The number of rotatable bonds is 4. The molecular weight excluding hydrogens is 364 g/mol. The van der Waals surface area contributed by atoms with E-state index in [1.807, 2.05) is 63.5 Å². The van der Waals surface area contributed by atoms with Crippen LogP contribution in [-0.2, 0) is 11.3 Å². The molecule has 3 rings (SSSR count). The first-order valence-corrected chi connectivity index (χ1v) is 10.3. The van der Waals surface area contributed by atoms with Gasteiger partial charge in [0.05, 0.1) is 25.4 Å². The van der Waals surface area contributed by atoms with Crippen LogP contribution in [0.2, 0.25) is 0 Å². The predicted molar refractivity (Wildman–Crippen MR) is 116 cm³/mol. The number of hydrogen-bond acceptors (Lipinski definition) is 4. The molecule has 1 aliphatic rings. The monoisotopic (exact) mass is 396 g/mol. The fourth-order valence-corrected chi connectivity index (χ4v) is 3.91. The van der Waals surface area contributed by atoms with Crippen LogP contribution in [0.5, 0.6) is 0 Å². The van der Waals surface area contributed by atoms with Crippen LogP contribution < -0.4 is 0 Å². The SMILES string of the molecule is C[C@H]1CN([C@@H](C)CO)C(=O)c2ccccc2-c2ccccc2CO[C@H]1CN(C)C. The van der Waals surface area contributed by atoms with Crippen molar-refractivity contribution in [3.63, 3.8) is 0 Å². The molecule has 2 aromatic carbocycles. The molecule has 1 N–H and O–H groups in total. The first kappa shape index (κ1) is 21.5. The van der Waals surface area contributed by atoms with Gasteiger partial charge in [0.15, 0.2) is 0 Å². The third kappa shape index (κ3) is 4.86. The number of aliphatic hydroxyl groups is 1. The summed E-state index contributed by atoms with van der Waals surface area (Å²) in [6.45, 7) is 5.74. The van der Waals surface area contributed by atoms with E-state index in [4.69, 9.17) is 4.74 Å². The third-order valence-corrected chi connectivity index (χ3v) is 5.64. The molecule has 0 spiro atoms. The van der Waals surface area contributed by atoms with Crippen molar-refractivity contribution in [3.8, 4) is 11.1 Å². The van der Waals surface area contributed by atoms with Crippen LogP contribution >= 0.6 is 0 Å². The first-order chi connectivity index (χ1) is 13.9. The quantitative estimate of drug-likeness (QED) is 0.862. The molecule has 0 saturated heterocycles. The summed E-state index contributed by atoms with van der Waals surface area (Å²) in [7, 11) is 4.06. The second kappa shape index (κ2) is 9.53. The lowest BCUT2D eigenvalue weighted by atomic mass is 9.94. The molecule has 0 radical (unpaired) electrons. The number of nitrogens with zero attached hydrogens (tertiary/aromatic N) is 2. The highest BCUT2D eigenvalue weighted by Crippen LogP contribution is 2.31. The average Bonchev–Trinajstić information content (AvgIpc) is 2.74. The zero-order chi connectivity index (χ0) is 21.0. The molecule has 0 saturated carbocycles. The Bertz CT molecular complexity index is 836. The number of aliphatic hydroxyl groups excluding tert-OH is 1. The molecule has 0 fully saturated rings. The van der Waals surface area contributed by atoms with Gasteiger partial charge < -0.3 is 19.6 Å². The van der Waals surface area contributed by atoms with E-state index >= 15 is 0 Å². The van der Waals surface area contributed by atoms with Gasteiger partial charge in [-0.3, -0.25) is 4.79 Å². The van der Waals surface area contributed by atoms with Crippen molar-refractivity contribution < 1.29 is 14.6 Å². The molecule has 0 aromatic heterocycles. The van der Waals surface area contributed by atoms with Gasteiger partial charge in [-0.15, -0.1) is 0 Å². The minimum atomic E-state index is -0.269. The molecule has 1 amide bonds. The van der Waals surface area contributed by atoms with E-state index in [0.29, 0.717) is 18.7 Å². The van der Waals surface area contributed by atoms with E-state index in [1.165, 1.54) is 0 Å². The number of carbonyl (C=O) groups is 1. The Hall–Kier alpha value is -2.21. The van der Waals surface area contributed by atoms with Gasteiger partial charge in [0.2, 0.25) is 0 Å². The minimum absolute atomic E-state index is 0.0274. The summed E-state index contributed by atoms with van der Waals surface area (Å²) in [4.78, 5) is 17.5. The molecule has 3 atom stereocenters. The van der Waals surface area contributed by atoms with Gasteiger partial charge in [-0.25, -0.2) is 0 Å². The fourth-order valence-electron chi connectivity index (χ4n) is 3.91. The van der Waals surface area contributed by atoms with Crippen molar-refractivity contribution >= 4 is 5.91 Å². The van der Waals surface area contributed by atoms with Crippen LogP contribution in [-0.4, -0.2) is 66.8 Å². The van der Waals surface area contributed by atoms with Crippen LogP contribution in [0.4, 0.5) is 0 Å². The minimum Gasteiger partial charge on any atom is -0.394 e. The number of carbonyl (C=O) groups excluding carboxylic acids is 1. The van der Waals surface area contributed by atoms with Crippen molar-refractivity contribution in [1.82, 2.24) is 9.80 Å². The zero-order valence-electron chi connectivity index (χ0n) is 17.8.